The Morgan fingerprint density at radius 3 is 3.21 bits per heavy atom. The highest BCUT2D eigenvalue weighted by molar-refractivity contribution is 5.71. The maximum Gasteiger partial charge on any atom is 0.145 e. The topological polar surface area (TPSA) is 34.1 Å². The maximum absolute atomic E-state index is 5.33. The van der Waals surface area contributed by atoms with Crippen molar-refractivity contribution in [3.8, 4) is 5.75 Å². The molecule has 100 valence electrons. The summed E-state index contributed by atoms with van der Waals surface area (Å²) in [5, 5.41) is 3.66. The van der Waals surface area contributed by atoms with Gasteiger partial charge in [-0.2, -0.15) is 0 Å². The summed E-state index contributed by atoms with van der Waals surface area (Å²) < 4.78 is 5.33. The van der Waals surface area contributed by atoms with Crippen molar-refractivity contribution in [1.29, 1.82) is 0 Å². The van der Waals surface area contributed by atoms with E-state index in [9.17, 15) is 0 Å². The minimum absolute atomic E-state index is 0.489. The second-order valence-electron chi connectivity index (χ2n) is 5.26. The smallest absolute Gasteiger partial charge is 0.145 e. The molecule has 3 heteroatoms. The van der Waals surface area contributed by atoms with E-state index in [-0.39, 0.29) is 0 Å². The molecule has 3 nitrogen and oxygen atoms in total. The minimum Gasteiger partial charge on any atom is -0.464 e. The van der Waals surface area contributed by atoms with Gasteiger partial charge in [0.25, 0.3) is 0 Å². The lowest BCUT2D eigenvalue weighted by atomic mass is 9.77. The molecule has 0 bridgehead atoms. The van der Waals surface area contributed by atoms with Crippen LogP contribution in [0.5, 0.6) is 5.75 Å². The maximum atomic E-state index is 5.33. The molecule has 2 aliphatic rings. The van der Waals surface area contributed by atoms with Crippen molar-refractivity contribution in [3.63, 3.8) is 0 Å². The first-order chi connectivity index (χ1) is 9.38. The van der Waals surface area contributed by atoms with E-state index in [4.69, 9.17) is 4.74 Å². The Balaban J connectivity index is 1.89. The Morgan fingerprint density at radius 2 is 2.32 bits per heavy atom. The van der Waals surface area contributed by atoms with Crippen LogP contribution in [0, 0.1) is 5.92 Å². The summed E-state index contributed by atoms with van der Waals surface area (Å²) in [4.78, 5) is 4.27. The number of hydrogen-bond donors (Lipinski definition) is 1. The number of allylic oxidation sites excluding steroid dienone is 1. The van der Waals surface area contributed by atoms with E-state index in [0.29, 0.717) is 6.04 Å². The number of ether oxygens (including phenoxy) is 1. The number of nitrogens with one attached hydrogen (secondary N) is 1. The van der Waals surface area contributed by atoms with Gasteiger partial charge in [0.2, 0.25) is 0 Å². The highest BCUT2D eigenvalue weighted by Crippen LogP contribution is 2.36. The lowest BCUT2D eigenvalue weighted by molar-refractivity contribution is 0.304. The molecule has 2 unspecified atom stereocenters. The van der Waals surface area contributed by atoms with Gasteiger partial charge in [-0.1, -0.05) is 12.7 Å². The Bertz CT molecular complexity index is 495. The highest BCUT2D eigenvalue weighted by atomic mass is 16.5. The van der Waals surface area contributed by atoms with Crippen molar-refractivity contribution in [1.82, 2.24) is 10.3 Å². The normalized spacial score (nSPS) is 26.2. The van der Waals surface area contributed by atoms with E-state index in [1.807, 2.05) is 6.20 Å². The van der Waals surface area contributed by atoms with Crippen LogP contribution in [0.1, 0.15) is 31.2 Å². The number of aromatic nitrogens is 1. The van der Waals surface area contributed by atoms with Crippen molar-refractivity contribution in [2.24, 2.45) is 5.92 Å². The lowest BCUT2D eigenvalue weighted by Crippen LogP contribution is -2.43. The van der Waals surface area contributed by atoms with Crippen LogP contribution in [0.15, 0.2) is 37.4 Å². The predicted molar refractivity (Wildman–Crippen MR) is 76.8 cm³/mol. The van der Waals surface area contributed by atoms with E-state index in [0.717, 1.165) is 18.2 Å². The minimum atomic E-state index is 0.489. The molecule has 1 N–H and O–H groups in total. The van der Waals surface area contributed by atoms with Crippen LogP contribution in [-0.2, 0) is 0 Å². The Morgan fingerprint density at radius 1 is 1.37 bits per heavy atom. The van der Waals surface area contributed by atoms with Gasteiger partial charge in [-0.15, -0.1) is 0 Å². The molecule has 19 heavy (non-hydrogen) atoms. The van der Waals surface area contributed by atoms with Gasteiger partial charge in [-0.3, -0.25) is 4.98 Å². The molecule has 0 saturated carbocycles. The fourth-order valence-electron chi connectivity index (χ4n) is 3.24. The average molecular weight is 256 g/mol. The molecule has 2 atom stereocenters. The van der Waals surface area contributed by atoms with Crippen LogP contribution in [0.4, 0.5) is 0 Å². The zero-order valence-corrected chi connectivity index (χ0v) is 11.1. The molecule has 2 heterocycles. The highest BCUT2D eigenvalue weighted by Gasteiger charge is 2.30. The number of rotatable bonds is 3. The van der Waals surface area contributed by atoms with Crippen LogP contribution in [0.3, 0.4) is 0 Å². The molecule has 1 fully saturated rings. The number of nitrogens with zero attached hydrogens (tertiary/aromatic N) is 1. The van der Waals surface area contributed by atoms with Crippen LogP contribution < -0.4 is 10.1 Å². The molecular weight excluding hydrogens is 236 g/mol. The molecule has 1 aliphatic carbocycles. The van der Waals surface area contributed by atoms with Gasteiger partial charge in [-0.05, 0) is 49.8 Å². The van der Waals surface area contributed by atoms with Crippen molar-refractivity contribution in [3.05, 3.63) is 42.9 Å². The van der Waals surface area contributed by atoms with Gasteiger partial charge in [-0.25, -0.2) is 0 Å². The van der Waals surface area contributed by atoms with E-state index >= 15 is 0 Å². The second-order valence-corrected chi connectivity index (χ2v) is 5.26. The summed E-state index contributed by atoms with van der Waals surface area (Å²) in [5.41, 5.74) is 2.56. The summed E-state index contributed by atoms with van der Waals surface area (Å²) in [6.45, 7) is 4.71. The van der Waals surface area contributed by atoms with E-state index in [1.54, 1.807) is 6.20 Å². The Hall–Kier alpha value is -1.61. The summed E-state index contributed by atoms with van der Waals surface area (Å²) in [7, 11) is 0. The zero-order chi connectivity index (χ0) is 13.1. The van der Waals surface area contributed by atoms with E-state index in [2.05, 4.69) is 29.0 Å². The fourth-order valence-corrected chi connectivity index (χ4v) is 3.24. The molecule has 0 aromatic carbocycles. The van der Waals surface area contributed by atoms with Crippen molar-refractivity contribution in [2.45, 2.75) is 31.7 Å². The second kappa shape index (κ2) is 5.57. The Kier molecular flexibility index (Phi) is 3.65. The standard InChI is InChI=1S/C16H20N2O/c1-2-19-14-9-13(10-17-11-14)15-7-3-5-12-6-4-8-18-16(12)15/h2,7,9-12,16,18H,1,3-6,8H2. The van der Waals surface area contributed by atoms with Gasteiger partial charge < -0.3 is 10.1 Å². The Labute approximate surface area is 114 Å². The predicted octanol–water partition coefficient (Wildman–Crippen LogP) is 3.15. The molecule has 1 aliphatic heterocycles. The quantitative estimate of drug-likeness (QED) is 0.844. The number of piperidine rings is 1. The van der Waals surface area contributed by atoms with Gasteiger partial charge in [0.05, 0.1) is 12.5 Å². The van der Waals surface area contributed by atoms with Gasteiger partial charge >= 0.3 is 0 Å². The largest absolute Gasteiger partial charge is 0.464 e. The summed E-state index contributed by atoms with van der Waals surface area (Å²) in [5.74, 6) is 1.53. The molecule has 1 aromatic rings. The molecule has 1 saturated heterocycles. The van der Waals surface area contributed by atoms with E-state index in [1.165, 1.54) is 43.1 Å². The molecule has 0 radical (unpaired) electrons. The fraction of sp³-hybridized carbons (Fsp3) is 0.438. The number of pyridine rings is 1. The summed E-state index contributed by atoms with van der Waals surface area (Å²) >= 11 is 0. The number of fused-ring (bicyclic) bond motifs is 1. The first kappa shape index (κ1) is 12.4. The van der Waals surface area contributed by atoms with Crippen molar-refractivity contribution >= 4 is 5.57 Å². The average Bonchev–Trinajstić information content (AvgIpc) is 2.47. The van der Waals surface area contributed by atoms with Crippen LogP contribution in [0.2, 0.25) is 0 Å². The van der Waals surface area contributed by atoms with Crippen molar-refractivity contribution in [2.75, 3.05) is 6.54 Å². The SMILES string of the molecule is C=COc1cncc(C2=CCCC3CCCNC23)c1. The summed E-state index contributed by atoms with van der Waals surface area (Å²) in [6, 6.07) is 2.54. The van der Waals surface area contributed by atoms with Gasteiger partial charge in [0.1, 0.15) is 5.75 Å². The molecule has 3 rings (SSSR count). The third kappa shape index (κ3) is 2.56. The molecule has 0 amide bonds. The molecule has 1 aromatic heterocycles. The van der Waals surface area contributed by atoms with Crippen LogP contribution in [-0.4, -0.2) is 17.6 Å². The summed E-state index contributed by atoms with van der Waals surface area (Å²) in [6.07, 6.45) is 12.6. The third-order valence-corrected chi connectivity index (χ3v) is 4.09. The first-order valence-electron chi connectivity index (χ1n) is 7.05. The monoisotopic (exact) mass is 256 g/mol. The third-order valence-electron chi connectivity index (χ3n) is 4.09. The van der Waals surface area contributed by atoms with Crippen LogP contribution >= 0.6 is 0 Å². The molecule has 0 spiro atoms. The molecular formula is C16H20N2O. The van der Waals surface area contributed by atoms with Gasteiger partial charge in [0.15, 0.2) is 0 Å². The lowest BCUT2D eigenvalue weighted by Gasteiger charge is -2.37. The van der Waals surface area contributed by atoms with Crippen molar-refractivity contribution < 1.29 is 4.74 Å². The number of hydrogen-bond acceptors (Lipinski definition) is 3. The first-order valence-corrected chi connectivity index (χ1v) is 7.05. The van der Waals surface area contributed by atoms with E-state index < -0.39 is 0 Å². The van der Waals surface area contributed by atoms with Gasteiger partial charge in [0, 0.05) is 17.8 Å². The zero-order valence-electron chi connectivity index (χ0n) is 11.1. The van der Waals surface area contributed by atoms with Crippen LogP contribution in [0.25, 0.3) is 5.57 Å².